The van der Waals surface area contributed by atoms with Gasteiger partial charge in [0.15, 0.2) is 5.76 Å². The van der Waals surface area contributed by atoms with Crippen LogP contribution in [0.25, 0.3) is 11.5 Å². The zero-order chi connectivity index (χ0) is 17.5. The molecule has 6 heteroatoms. The summed E-state index contributed by atoms with van der Waals surface area (Å²) in [4.78, 5) is 25.2. The van der Waals surface area contributed by atoms with Crippen LogP contribution in [0, 0.1) is 6.92 Å². The topological polar surface area (TPSA) is 101 Å². The highest BCUT2D eigenvalue weighted by Gasteiger charge is 2.10. The van der Waals surface area contributed by atoms with Gasteiger partial charge in [-0.25, -0.2) is 9.59 Å². The van der Waals surface area contributed by atoms with Crippen molar-refractivity contribution in [2.45, 2.75) is 6.92 Å². The first-order chi connectivity index (χ1) is 11.5. The average molecular weight is 325 g/mol. The Balaban J connectivity index is 0.000000175. The molecule has 122 valence electrons. The predicted octanol–water partition coefficient (Wildman–Crippen LogP) is 3.73. The fraction of sp³-hybridized carbons (Fsp3) is 0.0556. The van der Waals surface area contributed by atoms with Gasteiger partial charge in [0.1, 0.15) is 5.69 Å². The van der Waals surface area contributed by atoms with Crippen molar-refractivity contribution in [3.63, 3.8) is 0 Å². The fourth-order valence-corrected chi connectivity index (χ4v) is 1.92. The van der Waals surface area contributed by atoms with Crippen molar-refractivity contribution in [1.29, 1.82) is 0 Å². The number of hydrogen-bond acceptors (Lipinski definition) is 4. The molecule has 24 heavy (non-hydrogen) atoms. The van der Waals surface area contributed by atoms with Gasteiger partial charge in [-0.05, 0) is 48.9 Å². The van der Waals surface area contributed by atoms with E-state index in [9.17, 15) is 9.59 Å². The van der Waals surface area contributed by atoms with E-state index in [1.807, 2.05) is 30.3 Å². The summed E-state index contributed by atoms with van der Waals surface area (Å²) in [5.41, 5.74) is 1.44. The van der Waals surface area contributed by atoms with Crippen LogP contribution in [0.4, 0.5) is 0 Å². The molecule has 0 saturated heterocycles. The van der Waals surface area contributed by atoms with E-state index in [2.05, 4.69) is 4.98 Å². The lowest BCUT2D eigenvalue weighted by Gasteiger charge is -2.01. The summed E-state index contributed by atoms with van der Waals surface area (Å²) in [5.74, 6) is -1.42. The molecule has 2 heterocycles. The van der Waals surface area contributed by atoms with Gasteiger partial charge in [-0.1, -0.05) is 12.1 Å². The maximum atomic E-state index is 10.6. The number of benzene rings is 1. The lowest BCUT2D eigenvalue weighted by atomic mass is 10.1. The normalized spacial score (nSPS) is 9.71. The number of furan rings is 1. The summed E-state index contributed by atoms with van der Waals surface area (Å²) in [5, 5.41) is 17.3. The zero-order valence-electron chi connectivity index (χ0n) is 12.8. The molecular formula is C18H15NO5. The molecule has 0 aliphatic rings. The lowest BCUT2D eigenvalue weighted by molar-refractivity contribution is 0.0695. The minimum Gasteiger partial charge on any atom is -0.478 e. The number of rotatable bonds is 3. The van der Waals surface area contributed by atoms with Crippen molar-refractivity contribution in [1.82, 2.24) is 4.98 Å². The molecule has 0 spiro atoms. The SMILES string of the molecule is Cc1ccc(C(=O)O)cc1C(=O)O.c1ccc(-c2ccco2)nc1. The maximum absolute atomic E-state index is 10.6. The Kier molecular flexibility index (Phi) is 5.46. The number of hydrogen-bond donors (Lipinski definition) is 2. The molecule has 3 aromatic rings. The van der Waals surface area contributed by atoms with Crippen molar-refractivity contribution in [2.24, 2.45) is 0 Å². The third-order valence-electron chi connectivity index (χ3n) is 3.15. The molecule has 0 aliphatic carbocycles. The van der Waals surface area contributed by atoms with E-state index in [-0.39, 0.29) is 11.1 Å². The van der Waals surface area contributed by atoms with Gasteiger partial charge in [-0.3, -0.25) is 4.98 Å². The summed E-state index contributed by atoms with van der Waals surface area (Å²) >= 11 is 0. The molecule has 0 unspecified atom stereocenters. The molecule has 0 bridgehead atoms. The molecule has 3 rings (SSSR count). The van der Waals surface area contributed by atoms with Gasteiger partial charge in [0, 0.05) is 6.20 Å². The van der Waals surface area contributed by atoms with E-state index in [1.165, 1.54) is 12.1 Å². The van der Waals surface area contributed by atoms with Crippen molar-refractivity contribution in [2.75, 3.05) is 0 Å². The third-order valence-corrected chi connectivity index (χ3v) is 3.15. The standard InChI is InChI=1S/C9H7NO.C9H8O4/c1-2-6-10-8(4-1)9-5-3-7-11-9;1-5-2-3-6(8(10)11)4-7(5)9(12)13/h1-7H;2-4H,1H3,(H,10,11)(H,12,13). The number of aryl methyl sites for hydroxylation is 1. The van der Waals surface area contributed by atoms with Crippen molar-refractivity contribution >= 4 is 11.9 Å². The number of aromatic carboxylic acids is 2. The van der Waals surface area contributed by atoms with Crippen LogP contribution in [-0.2, 0) is 0 Å². The molecule has 0 atom stereocenters. The monoisotopic (exact) mass is 325 g/mol. The first-order valence-corrected chi connectivity index (χ1v) is 7.01. The van der Waals surface area contributed by atoms with Crippen LogP contribution in [-0.4, -0.2) is 27.1 Å². The molecule has 1 aromatic carbocycles. The van der Waals surface area contributed by atoms with E-state index < -0.39 is 11.9 Å². The van der Waals surface area contributed by atoms with E-state index in [0.717, 1.165) is 17.5 Å². The molecule has 0 aliphatic heterocycles. The summed E-state index contributed by atoms with van der Waals surface area (Å²) in [6.07, 6.45) is 3.39. The summed E-state index contributed by atoms with van der Waals surface area (Å²) < 4.78 is 5.16. The number of aromatic nitrogens is 1. The first-order valence-electron chi connectivity index (χ1n) is 7.01. The third kappa shape index (κ3) is 4.30. The van der Waals surface area contributed by atoms with Gasteiger partial charge >= 0.3 is 11.9 Å². The fourth-order valence-electron chi connectivity index (χ4n) is 1.92. The van der Waals surface area contributed by atoms with Crippen LogP contribution in [0.5, 0.6) is 0 Å². The van der Waals surface area contributed by atoms with Crippen LogP contribution < -0.4 is 0 Å². The lowest BCUT2D eigenvalue weighted by Crippen LogP contribution is -2.03. The molecule has 2 N–H and O–H groups in total. The quantitative estimate of drug-likeness (QED) is 0.761. The molecule has 0 fully saturated rings. The van der Waals surface area contributed by atoms with Gasteiger partial charge < -0.3 is 14.6 Å². The molecule has 2 aromatic heterocycles. The first kappa shape index (κ1) is 17.0. The molecule has 6 nitrogen and oxygen atoms in total. The number of carbonyl (C=O) groups is 2. The van der Waals surface area contributed by atoms with E-state index in [4.69, 9.17) is 14.6 Å². The van der Waals surface area contributed by atoms with Gasteiger partial charge in [0.2, 0.25) is 0 Å². The maximum Gasteiger partial charge on any atom is 0.335 e. The van der Waals surface area contributed by atoms with Crippen LogP contribution in [0.1, 0.15) is 26.3 Å². The van der Waals surface area contributed by atoms with Crippen LogP contribution in [0.3, 0.4) is 0 Å². The van der Waals surface area contributed by atoms with Crippen molar-refractivity contribution in [3.05, 3.63) is 77.7 Å². The van der Waals surface area contributed by atoms with E-state index in [1.54, 1.807) is 19.4 Å². The van der Waals surface area contributed by atoms with Crippen LogP contribution >= 0.6 is 0 Å². The minimum absolute atomic E-state index is 0.0111. The highest BCUT2D eigenvalue weighted by Crippen LogP contribution is 2.15. The molecular weight excluding hydrogens is 310 g/mol. The van der Waals surface area contributed by atoms with Crippen LogP contribution in [0.2, 0.25) is 0 Å². The molecule has 0 amide bonds. The van der Waals surface area contributed by atoms with Gasteiger partial charge in [-0.15, -0.1) is 0 Å². The summed E-state index contributed by atoms with van der Waals surface area (Å²) in [6.45, 7) is 1.62. The Morgan fingerprint density at radius 2 is 1.79 bits per heavy atom. The largest absolute Gasteiger partial charge is 0.478 e. The Labute approximate surface area is 138 Å². The molecule has 0 radical (unpaired) electrons. The summed E-state index contributed by atoms with van der Waals surface area (Å²) in [6, 6.07) is 13.5. The van der Waals surface area contributed by atoms with Gasteiger partial charge in [0.05, 0.1) is 17.4 Å². The average Bonchev–Trinajstić information content (AvgIpc) is 3.11. The van der Waals surface area contributed by atoms with Crippen LogP contribution in [0.15, 0.2) is 65.4 Å². The second-order valence-electron chi connectivity index (χ2n) is 4.83. The Bertz CT molecular complexity index is 826. The molecule has 0 saturated carbocycles. The second kappa shape index (κ2) is 7.73. The zero-order valence-corrected chi connectivity index (χ0v) is 12.8. The number of carboxylic acid groups (broad SMARTS) is 2. The highest BCUT2D eigenvalue weighted by atomic mass is 16.4. The number of carboxylic acids is 2. The Hall–Kier alpha value is -3.41. The predicted molar refractivity (Wildman–Crippen MR) is 87.0 cm³/mol. The Morgan fingerprint density at radius 1 is 1.00 bits per heavy atom. The van der Waals surface area contributed by atoms with Gasteiger partial charge in [-0.2, -0.15) is 0 Å². The smallest absolute Gasteiger partial charge is 0.335 e. The van der Waals surface area contributed by atoms with Crippen molar-refractivity contribution in [3.8, 4) is 11.5 Å². The second-order valence-corrected chi connectivity index (χ2v) is 4.83. The number of pyridine rings is 1. The minimum atomic E-state index is -1.12. The van der Waals surface area contributed by atoms with Crippen molar-refractivity contribution < 1.29 is 24.2 Å². The van der Waals surface area contributed by atoms with E-state index >= 15 is 0 Å². The highest BCUT2D eigenvalue weighted by molar-refractivity contribution is 5.94. The summed E-state index contributed by atoms with van der Waals surface area (Å²) in [7, 11) is 0. The van der Waals surface area contributed by atoms with Gasteiger partial charge in [0.25, 0.3) is 0 Å². The number of nitrogens with zero attached hydrogens (tertiary/aromatic N) is 1. The van der Waals surface area contributed by atoms with E-state index in [0.29, 0.717) is 5.56 Å². The Morgan fingerprint density at radius 3 is 2.33 bits per heavy atom.